The molecular formula is C13H10N4O. The summed E-state index contributed by atoms with van der Waals surface area (Å²) in [5, 5.41) is 4.56. The quantitative estimate of drug-likeness (QED) is 0.646. The van der Waals surface area contributed by atoms with E-state index in [9.17, 15) is 4.79 Å². The number of fused-ring (bicyclic) bond motifs is 1. The number of nitrogen functional groups attached to an aromatic ring is 1. The van der Waals surface area contributed by atoms with Gasteiger partial charge in [-0.3, -0.25) is 9.78 Å². The van der Waals surface area contributed by atoms with Gasteiger partial charge in [-0.1, -0.05) is 30.3 Å². The van der Waals surface area contributed by atoms with Gasteiger partial charge in [0.2, 0.25) is 0 Å². The average molecular weight is 238 g/mol. The van der Waals surface area contributed by atoms with Crippen LogP contribution in [-0.4, -0.2) is 14.9 Å². The zero-order chi connectivity index (χ0) is 12.5. The van der Waals surface area contributed by atoms with Gasteiger partial charge >= 0.3 is 0 Å². The summed E-state index contributed by atoms with van der Waals surface area (Å²) in [6.45, 7) is 0. The summed E-state index contributed by atoms with van der Waals surface area (Å²) in [7, 11) is 0. The zero-order valence-electron chi connectivity index (χ0n) is 9.45. The summed E-state index contributed by atoms with van der Waals surface area (Å²) in [6, 6.07) is 12.9. The van der Waals surface area contributed by atoms with Crippen molar-refractivity contribution in [3.05, 3.63) is 59.0 Å². The van der Waals surface area contributed by atoms with Gasteiger partial charge in [-0.25, -0.2) is 0 Å². The second kappa shape index (κ2) is 3.96. The van der Waals surface area contributed by atoms with Gasteiger partial charge in [0.05, 0.1) is 5.39 Å². The van der Waals surface area contributed by atoms with Crippen molar-refractivity contribution < 1.29 is 0 Å². The first-order valence-corrected chi connectivity index (χ1v) is 5.46. The van der Waals surface area contributed by atoms with Crippen molar-refractivity contribution in [1.82, 2.24) is 14.9 Å². The third kappa shape index (κ3) is 1.53. The molecule has 2 aromatic heterocycles. The second-order valence-corrected chi connectivity index (χ2v) is 3.86. The normalized spacial score (nSPS) is 10.7. The van der Waals surface area contributed by atoms with Crippen LogP contribution in [0.25, 0.3) is 22.2 Å². The Hall–Kier alpha value is -2.69. The maximum Gasteiger partial charge on any atom is 0.295 e. The van der Waals surface area contributed by atoms with E-state index < -0.39 is 0 Å². The number of hydrogen-bond acceptors (Lipinski definition) is 4. The predicted molar refractivity (Wildman–Crippen MR) is 69.4 cm³/mol. The molecule has 0 fully saturated rings. The second-order valence-electron chi connectivity index (χ2n) is 3.86. The van der Waals surface area contributed by atoms with Crippen LogP contribution in [0.2, 0.25) is 0 Å². The molecule has 0 atom stereocenters. The van der Waals surface area contributed by atoms with Gasteiger partial charge < -0.3 is 5.84 Å². The van der Waals surface area contributed by atoms with Gasteiger partial charge in [-0.15, -0.1) is 9.89 Å². The number of benzene rings is 1. The summed E-state index contributed by atoms with van der Waals surface area (Å²) < 4.78 is 0. The van der Waals surface area contributed by atoms with Crippen molar-refractivity contribution in [2.24, 2.45) is 0 Å². The highest BCUT2D eigenvalue weighted by atomic mass is 16.1. The molecule has 0 unspecified atom stereocenters. The molecule has 0 spiro atoms. The van der Waals surface area contributed by atoms with E-state index in [0.29, 0.717) is 16.6 Å². The summed E-state index contributed by atoms with van der Waals surface area (Å²) >= 11 is 0. The van der Waals surface area contributed by atoms with Gasteiger partial charge in [0.15, 0.2) is 0 Å². The van der Waals surface area contributed by atoms with E-state index in [1.165, 1.54) is 0 Å². The van der Waals surface area contributed by atoms with Crippen molar-refractivity contribution in [3.8, 4) is 11.3 Å². The highest BCUT2D eigenvalue weighted by Gasteiger charge is 2.11. The van der Waals surface area contributed by atoms with Crippen LogP contribution in [0.4, 0.5) is 0 Å². The lowest BCUT2D eigenvalue weighted by atomic mass is 10.1. The number of nitrogens with zero attached hydrogens (tertiary/aromatic N) is 3. The van der Waals surface area contributed by atoms with Crippen LogP contribution in [0.3, 0.4) is 0 Å². The van der Waals surface area contributed by atoms with E-state index in [4.69, 9.17) is 5.84 Å². The van der Waals surface area contributed by atoms with Crippen molar-refractivity contribution in [3.63, 3.8) is 0 Å². The summed E-state index contributed by atoms with van der Waals surface area (Å²) in [4.78, 5) is 16.9. The van der Waals surface area contributed by atoms with Crippen molar-refractivity contribution in [1.29, 1.82) is 0 Å². The molecule has 0 aliphatic heterocycles. The highest BCUT2D eigenvalue weighted by Crippen LogP contribution is 2.21. The van der Waals surface area contributed by atoms with Crippen LogP contribution < -0.4 is 11.4 Å². The van der Waals surface area contributed by atoms with Crippen LogP contribution >= 0.6 is 0 Å². The molecular weight excluding hydrogens is 228 g/mol. The molecule has 2 N–H and O–H groups in total. The Kier molecular flexibility index (Phi) is 2.30. The minimum absolute atomic E-state index is 0.349. The van der Waals surface area contributed by atoms with Crippen LogP contribution in [0.15, 0.2) is 53.5 Å². The van der Waals surface area contributed by atoms with Crippen LogP contribution in [0.5, 0.6) is 0 Å². The summed E-state index contributed by atoms with van der Waals surface area (Å²) in [5.41, 5.74) is 1.70. The Bertz CT molecular complexity index is 765. The molecule has 2 heterocycles. The lowest BCUT2D eigenvalue weighted by Crippen LogP contribution is -2.30. The molecule has 5 nitrogen and oxygen atoms in total. The number of hydrogen-bond donors (Lipinski definition) is 1. The molecule has 0 amide bonds. The minimum Gasteiger partial charge on any atom is -0.320 e. The van der Waals surface area contributed by atoms with E-state index in [-0.39, 0.29) is 5.56 Å². The van der Waals surface area contributed by atoms with Gasteiger partial charge in [0, 0.05) is 11.8 Å². The first kappa shape index (κ1) is 10.5. The third-order valence-electron chi connectivity index (χ3n) is 2.73. The molecule has 88 valence electrons. The fourth-order valence-corrected chi connectivity index (χ4v) is 1.88. The molecule has 5 heteroatoms. The molecule has 0 radical (unpaired) electrons. The summed E-state index contributed by atoms with van der Waals surface area (Å²) in [6.07, 6.45) is 1.64. The first-order valence-electron chi connectivity index (χ1n) is 5.46. The Morgan fingerprint density at radius 3 is 2.61 bits per heavy atom. The maximum atomic E-state index is 11.8. The molecule has 0 aliphatic rings. The van der Waals surface area contributed by atoms with Gasteiger partial charge in [-0.2, -0.15) is 0 Å². The van der Waals surface area contributed by atoms with Crippen molar-refractivity contribution in [2.45, 2.75) is 0 Å². The molecule has 0 saturated heterocycles. The fourth-order valence-electron chi connectivity index (χ4n) is 1.88. The van der Waals surface area contributed by atoms with Crippen molar-refractivity contribution >= 4 is 10.9 Å². The molecule has 3 aromatic rings. The Labute approximate surface area is 102 Å². The Morgan fingerprint density at radius 1 is 1.06 bits per heavy atom. The third-order valence-corrected chi connectivity index (χ3v) is 2.73. The van der Waals surface area contributed by atoms with E-state index in [2.05, 4.69) is 10.1 Å². The molecule has 0 saturated carbocycles. The van der Waals surface area contributed by atoms with Gasteiger partial charge in [-0.05, 0) is 12.1 Å². The molecule has 0 aliphatic carbocycles. The average Bonchev–Trinajstić information content (AvgIpc) is 2.44. The predicted octanol–water partition coefficient (Wildman–Crippen LogP) is 1.17. The largest absolute Gasteiger partial charge is 0.320 e. The Balaban J connectivity index is 2.44. The van der Waals surface area contributed by atoms with Gasteiger partial charge in [0.25, 0.3) is 5.56 Å². The van der Waals surface area contributed by atoms with E-state index in [1.807, 2.05) is 30.3 Å². The maximum absolute atomic E-state index is 11.8. The topological polar surface area (TPSA) is 73.8 Å². The zero-order valence-corrected chi connectivity index (χ0v) is 9.45. The van der Waals surface area contributed by atoms with Crippen LogP contribution in [-0.2, 0) is 0 Å². The fraction of sp³-hybridized carbons (Fsp3) is 0. The molecule has 18 heavy (non-hydrogen) atoms. The lowest BCUT2D eigenvalue weighted by Gasteiger charge is -2.06. The number of pyridine rings is 1. The van der Waals surface area contributed by atoms with Crippen LogP contribution in [0.1, 0.15) is 0 Å². The summed E-state index contributed by atoms with van der Waals surface area (Å²) in [5.74, 6) is 5.59. The van der Waals surface area contributed by atoms with Gasteiger partial charge in [0.1, 0.15) is 11.2 Å². The molecule has 3 rings (SSSR count). The highest BCUT2D eigenvalue weighted by molar-refractivity contribution is 5.90. The number of nitrogens with two attached hydrogens (primary N) is 1. The number of aromatic nitrogens is 3. The smallest absolute Gasteiger partial charge is 0.295 e. The van der Waals surface area contributed by atoms with Crippen molar-refractivity contribution in [2.75, 3.05) is 5.84 Å². The van der Waals surface area contributed by atoms with Crippen LogP contribution in [0, 0.1) is 0 Å². The first-order chi connectivity index (χ1) is 8.77. The van der Waals surface area contributed by atoms with E-state index >= 15 is 0 Å². The lowest BCUT2D eigenvalue weighted by molar-refractivity contribution is 0.779. The monoisotopic (exact) mass is 238 g/mol. The van der Waals surface area contributed by atoms with E-state index in [1.54, 1.807) is 18.3 Å². The SMILES string of the molecule is Nn1nc(-c2ccccc2)c2ncccc2c1=O. The molecule has 0 bridgehead atoms. The Morgan fingerprint density at radius 2 is 1.83 bits per heavy atom. The standard InChI is InChI=1S/C13H10N4O/c14-17-13(18)10-7-4-8-15-12(10)11(16-17)9-5-2-1-3-6-9/h1-8H,14H2. The van der Waals surface area contributed by atoms with E-state index in [0.717, 1.165) is 10.4 Å². The minimum atomic E-state index is -0.349. The molecule has 1 aromatic carbocycles. The number of rotatable bonds is 1.